The molecule has 3 N–H and O–H groups in total. The van der Waals surface area contributed by atoms with Crippen molar-refractivity contribution >= 4 is 5.84 Å². The molecular formula is C7H10N2. The van der Waals surface area contributed by atoms with Crippen molar-refractivity contribution in [3.63, 3.8) is 0 Å². The number of allylic oxidation sites excluding steroid dienone is 3. The molecular weight excluding hydrogens is 112 g/mol. The first-order chi connectivity index (χ1) is 4.20. The summed E-state index contributed by atoms with van der Waals surface area (Å²) in [6.07, 6.45) is 4.75. The Kier molecular flexibility index (Phi) is 1.39. The van der Waals surface area contributed by atoms with Crippen LogP contribution in [0.4, 0.5) is 0 Å². The van der Waals surface area contributed by atoms with Gasteiger partial charge >= 0.3 is 0 Å². The largest absolute Gasteiger partial charge is 0.384 e. The number of rotatable bonds is 1. The Balaban J connectivity index is 2.64. The average Bonchev–Trinajstić information content (AvgIpc) is 2.14. The summed E-state index contributed by atoms with van der Waals surface area (Å²) in [5, 5.41) is 7.06. The van der Waals surface area contributed by atoms with Gasteiger partial charge in [-0.25, -0.2) is 0 Å². The van der Waals surface area contributed by atoms with Crippen molar-refractivity contribution in [2.24, 2.45) is 5.73 Å². The molecule has 9 heavy (non-hydrogen) atoms. The Bertz CT molecular complexity index is 199. The van der Waals surface area contributed by atoms with Gasteiger partial charge in [-0.05, 0) is 18.9 Å². The zero-order valence-electron chi connectivity index (χ0n) is 5.44. The van der Waals surface area contributed by atoms with Crippen molar-refractivity contribution in [3.05, 3.63) is 23.3 Å². The van der Waals surface area contributed by atoms with Crippen molar-refractivity contribution in [3.8, 4) is 0 Å². The molecule has 0 aliphatic heterocycles. The minimum absolute atomic E-state index is 0.197. The van der Waals surface area contributed by atoms with Gasteiger partial charge in [0, 0.05) is 0 Å². The van der Waals surface area contributed by atoms with Crippen LogP contribution in [0.25, 0.3) is 0 Å². The van der Waals surface area contributed by atoms with Crippen molar-refractivity contribution in [2.75, 3.05) is 0 Å². The zero-order valence-corrected chi connectivity index (χ0v) is 5.44. The molecule has 0 amide bonds. The van der Waals surface area contributed by atoms with E-state index in [1.54, 1.807) is 0 Å². The minimum atomic E-state index is 0.197. The van der Waals surface area contributed by atoms with Gasteiger partial charge in [0.1, 0.15) is 5.84 Å². The molecule has 1 aliphatic rings. The van der Waals surface area contributed by atoms with Crippen LogP contribution < -0.4 is 5.73 Å². The smallest absolute Gasteiger partial charge is 0.118 e. The van der Waals surface area contributed by atoms with Gasteiger partial charge in [-0.2, -0.15) is 0 Å². The topological polar surface area (TPSA) is 49.9 Å². The maximum Gasteiger partial charge on any atom is 0.118 e. The molecule has 0 aromatic carbocycles. The lowest BCUT2D eigenvalue weighted by Crippen LogP contribution is -2.11. The molecule has 48 valence electrons. The fourth-order valence-corrected chi connectivity index (χ4v) is 0.846. The molecule has 0 saturated heterocycles. The maximum absolute atomic E-state index is 7.06. The van der Waals surface area contributed by atoms with Crippen molar-refractivity contribution in [1.82, 2.24) is 0 Å². The Morgan fingerprint density at radius 1 is 1.67 bits per heavy atom. The normalized spacial score (nSPS) is 17.0. The molecule has 0 fully saturated rings. The van der Waals surface area contributed by atoms with Crippen LogP contribution in [-0.4, -0.2) is 5.84 Å². The third-order valence-electron chi connectivity index (χ3n) is 1.38. The van der Waals surface area contributed by atoms with E-state index in [9.17, 15) is 0 Å². The fourth-order valence-electron chi connectivity index (χ4n) is 0.846. The first-order valence-electron chi connectivity index (χ1n) is 2.91. The van der Waals surface area contributed by atoms with Crippen LogP contribution >= 0.6 is 0 Å². The summed E-state index contributed by atoms with van der Waals surface area (Å²) in [7, 11) is 0. The lowest BCUT2D eigenvalue weighted by atomic mass is 10.1. The molecule has 0 unspecified atom stereocenters. The lowest BCUT2D eigenvalue weighted by molar-refractivity contribution is 1.19. The first kappa shape index (κ1) is 6.08. The average molecular weight is 122 g/mol. The van der Waals surface area contributed by atoms with E-state index in [1.807, 2.05) is 19.1 Å². The van der Waals surface area contributed by atoms with Gasteiger partial charge in [-0.3, -0.25) is 5.41 Å². The summed E-state index contributed by atoms with van der Waals surface area (Å²) >= 11 is 0. The predicted molar refractivity (Wildman–Crippen MR) is 38.4 cm³/mol. The Morgan fingerprint density at radius 2 is 2.33 bits per heavy atom. The van der Waals surface area contributed by atoms with E-state index >= 15 is 0 Å². The second-order valence-corrected chi connectivity index (χ2v) is 2.30. The second-order valence-electron chi connectivity index (χ2n) is 2.30. The SMILES string of the molecule is CC1=CC=C(C(=N)N)C1. The van der Waals surface area contributed by atoms with Crippen LogP contribution in [0.2, 0.25) is 0 Å². The van der Waals surface area contributed by atoms with E-state index < -0.39 is 0 Å². The van der Waals surface area contributed by atoms with Gasteiger partial charge in [0.05, 0.1) is 0 Å². The van der Waals surface area contributed by atoms with Gasteiger partial charge in [0.25, 0.3) is 0 Å². The molecule has 0 spiro atoms. The van der Waals surface area contributed by atoms with Crippen LogP contribution in [0.3, 0.4) is 0 Å². The molecule has 0 aromatic heterocycles. The van der Waals surface area contributed by atoms with Crippen LogP contribution in [-0.2, 0) is 0 Å². The summed E-state index contributed by atoms with van der Waals surface area (Å²) in [4.78, 5) is 0. The minimum Gasteiger partial charge on any atom is -0.384 e. The summed E-state index contributed by atoms with van der Waals surface area (Å²) in [5.74, 6) is 0.197. The number of hydrogen-bond acceptors (Lipinski definition) is 1. The maximum atomic E-state index is 7.06. The van der Waals surface area contributed by atoms with Gasteiger partial charge in [0.2, 0.25) is 0 Å². The second kappa shape index (κ2) is 2.05. The Labute approximate surface area is 54.6 Å². The van der Waals surface area contributed by atoms with Crippen molar-refractivity contribution < 1.29 is 0 Å². The summed E-state index contributed by atoms with van der Waals surface area (Å²) < 4.78 is 0. The highest BCUT2D eigenvalue weighted by Gasteiger charge is 2.05. The highest BCUT2D eigenvalue weighted by Crippen LogP contribution is 2.16. The number of nitrogens with one attached hydrogen (secondary N) is 1. The van der Waals surface area contributed by atoms with Gasteiger partial charge in [-0.1, -0.05) is 17.7 Å². The zero-order chi connectivity index (χ0) is 6.85. The molecule has 0 atom stereocenters. The number of nitrogens with two attached hydrogens (primary N) is 1. The summed E-state index contributed by atoms with van der Waals surface area (Å²) in [6.45, 7) is 2.03. The van der Waals surface area contributed by atoms with E-state index in [1.165, 1.54) is 5.57 Å². The molecule has 0 radical (unpaired) electrons. The molecule has 0 bridgehead atoms. The standard InChI is InChI=1S/C7H10N2/c1-5-2-3-6(4-5)7(8)9/h2-3H,4H2,1H3,(H3,8,9). The van der Waals surface area contributed by atoms with Gasteiger partial charge < -0.3 is 5.73 Å². The van der Waals surface area contributed by atoms with Crippen LogP contribution in [0, 0.1) is 5.41 Å². The van der Waals surface area contributed by atoms with Crippen LogP contribution in [0.15, 0.2) is 23.3 Å². The monoisotopic (exact) mass is 122 g/mol. The van der Waals surface area contributed by atoms with Gasteiger partial charge in [-0.15, -0.1) is 0 Å². The quantitative estimate of drug-likeness (QED) is 0.398. The Morgan fingerprint density at radius 3 is 2.56 bits per heavy atom. The van der Waals surface area contributed by atoms with E-state index in [-0.39, 0.29) is 5.84 Å². The Hall–Kier alpha value is -1.05. The van der Waals surface area contributed by atoms with Crippen molar-refractivity contribution in [1.29, 1.82) is 5.41 Å². The highest BCUT2D eigenvalue weighted by atomic mass is 14.7. The fraction of sp³-hybridized carbons (Fsp3) is 0.286. The van der Waals surface area contributed by atoms with Gasteiger partial charge in [0.15, 0.2) is 0 Å². The summed E-state index contributed by atoms with van der Waals surface area (Å²) in [5.41, 5.74) is 7.46. The van der Waals surface area contributed by atoms with E-state index in [2.05, 4.69) is 0 Å². The lowest BCUT2D eigenvalue weighted by Gasteiger charge is -1.96. The number of amidine groups is 1. The van der Waals surface area contributed by atoms with E-state index in [4.69, 9.17) is 11.1 Å². The number of hydrogen-bond donors (Lipinski definition) is 2. The molecule has 0 heterocycles. The molecule has 0 saturated carbocycles. The van der Waals surface area contributed by atoms with Crippen molar-refractivity contribution in [2.45, 2.75) is 13.3 Å². The molecule has 1 aliphatic carbocycles. The van der Waals surface area contributed by atoms with Crippen LogP contribution in [0.5, 0.6) is 0 Å². The van der Waals surface area contributed by atoms with E-state index in [0.29, 0.717) is 0 Å². The van der Waals surface area contributed by atoms with Crippen LogP contribution in [0.1, 0.15) is 13.3 Å². The third kappa shape index (κ3) is 1.19. The molecule has 2 nitrogen and oxygen atoms in total. The predicted octanol–water partition coefficient (Wildman–Crippen LogP) is 1.20. The van der Waals surface area contributed by atoms with E-state index in [0.717, 1.165) is 12.0 Å². The molecule has 2 heteroatoms. The first-order valence-corrected chi connectivity index (χ1v) is 2.91. The molecule has 1 rings (SSSR count). The third-order valence-corrected chi connectivity index (χ3v) is 1.38. The summed E-state index contributed by atoms with van der Waals surface area (Å²) in [6, 6.07) is 0. The highest BCUT2D eigenvalue weighted by molar-refractivity contribution is 5.95. The molecule has 0 aromatic rings.